The molecule has 0 spiro atoms. The zero-order valence-electron chi connectivity index (χ0n) is 9.78. The van der Waals surface area contributed by atoms with Crippen molar-refractivity contribution in [1.29, 1.82) is 0 Å². The topological polar surface area (TPSA) is 41.6 Å². The molecule has 1 aromatic rings. The standard InChI is InChI=1S/C12H16N2O2/c1-4-8-12(15)14(2)11-9(13-8)6-5-7-10(11)16-3/h5-8,13H,4H2,1-3H3. The lowest BCUT2D eigenvalue weighted by Crippen LogP contribution is -2.44. The molecule has 16 heavy (non-hydrogen) atoms. The lowest BCUT2D eigenvalue weighted by molar-refractivity contribution is -0.119. The molecule has 0 aromatic heterocycles. The average molecular weight is 220 g/mol. The van der Waals surface area contributed by atoms with E-state index in [1.54, 1.807) is 19.1 Å². The van der Waals surface area contributed by atoms with Crippen LogP contribution in [-0.2, 0) is 4.79 Å². The van der Waals surface area contributed by atoms with E-state index in [-0.39, 0.29) is 11.9 Å². The third-order valence-electron chi connectivity index (χ3n) is 2.92. The van der Waals surface area contributed by atoms with Crippen LogP contribution in [0.3, 0.4) is 0 Å². The van der Waals surface area contributed by atoms with Crippen LogP contribution in [0.4, 0.5) is 11.4 Å². The molecule has 1 aliphatic heterocycles. The van der Waals surface area contributed by atoms with E-state index in [1.807, 2.05) is 25.1 Å². The van der Waals surface area contributed by atoms with Crippen LogP contribution in [0.1, 0.15) is 13.3 Å². The number of amides is 1. The van der Waals surface area contributed by atoms with E-state index in [4.69, 9.17) is 4.74 Å². The van der Waals surface area contributed by atoms with Gasteiger partial charge in [-0.25, -0.2) is 0 Å². The van der Waals surface area contributed by atoms with Crippen molar-refractivity contribution in [3.8, 4) is 5.75 Å². The Morgan fingerprint density at radius 2 is 2.25 bits per heavy atom. The predicted octanol–water partition coefficient (Wildman–Crippen LogP) is 1.86. The number of nitrogens with zero attached hydrogens (tertiary/aromatic N) is 1. The number of benzene rings is 1. The number of rotatable bonds is 2. The Labute approximate surface area is 95.2 Å². The SMILES string of the molecule is CCC1Nc2cccc(OC)c2N(C)C1=O. The van der Waals surface area contributed by atoms with E-state index in [1.165, 1.54) is 0 Å². The van der Waals surface area contributed by atoms with Crippen molar-refractivity contribution in [1.82, 2.24) is 0 Å². The molecule has 0 saturated carbocycles. The summed E-state index contributed by atoms with van der Waals surface area (Å²) < 4.78 is 5.27. The first-order valence-corrected chi connectivity index (χ1v) is 5.40. The summed E-state index contributed by atoms with van der Waals surface area (Å²) in [6.07, 6.45) is 0.778. The van der Waals surface area contributed by atoms with Crippen LogP contribution in [0, 0.1) is 0 Å². The Morgan fingerprint density at radius 1 is 1.50 bits per heavy atom. The fourth-order valence-electron chi connectivity index (χ4n) is 2.02. The number of para-hydroxylation sites is 1. The minimum absolute atomic E-state index is 0.0829. The molecule has 4 nitrogen and oxygen atoms in total. The molecule has 1 aliphatic rings. The normalized spacial score (nSPS) is 19.1. The molecule has 1 aromatic carbocycles. The highest BCUT2D eigenvalue weighted by atomic mass is 16.5. The number of nitrogens with one attached hydrogen (secondary N) is 1. The molecule has 1 unspecified atom stereocenters. The molecular formula is C12H16N2O2. The van der Waals surface area contributed by atoms with Crippen LogP contribution in [-0.4, -0.2) is 26.1 Å². The fraction of sp³-hybridized carbons (Fsp3) is 0.417. The monoisotopic (exact) mass is 220 g/mol. The third-order valence-corrected chi connectivity index (χ3v) is 2.92. The highest BCUT2D eigenvalue weighted by Gasteiger charge is 2.30. The molecule has 1 heterocycles. The summed E-state index contributed by atoms with van der Waals surface area (Å²) in [6, 6.07) is 5.60. The quantitative estimate of drug-likeness (QED) is 0.827. The first-order valence-electron chi connectivity index (χ1n) is 5.40. The van der Waals surface area contributed by atoms with E-state index in [2.05, 4.69) is 5.32 Å². The van der Waals surface area contributed by atoms with Gasteiger partial charge >= 0.3 is 0 Å². The first-order chi connectivity index (χ1) is 7.69. The molecule has 0 radical (unpaired) electrons. The van der Waals surface area contributed by atoms with Crippen LogP contribution in [0.25, 0.3) is 0 Å². The van der Waals surface area contributed by atoms with Gasteiger partial charge in [-0.2, -0.15) is 0 Å². The van der Waals surface area contributed by atoms with Gasteiger partial charge in [0.2, 0.25) is 5.91 Å². The van der Waals surface area contributed by atoms with Gasteiger partial charge in [-0.05, 0) is 18.6 Å². The molecule has 2 rings (SSSR count). The van der Waals surface area contributed by atoms with Crippen molar-refractivity contribution in [2.75, 3.05) is 24.4 Å². The van der Waals surface area contributed by atoms with Crippen molar-refractivity contribution >= 4 is 17.3 Å². The van der Waals surface area contributed by atoms with Crippen LogP contribution in [0.5, 0.6) is 5.75 Å². The van der Waals surface area contributed by atoms with Gasteiger partial charge in [0.05, 0.1) is 12.8 Å². The number of carbonyl (C=O) groups excluding carboxylic acids is 1. The van der Waals surface area contributed by atoms with E-state index in [0.29, 0.717) is 0 Å². The van der Waals surface area contributed by atoms with Gasteiger partial charge < -0.3 is 15.0 Å². The van der Waals surface area contributed by atoms with Gasteiger partial charge in [-0.3, -0.25) is 4.79 Å². The van der Waals surface area contributed by atoms with Gasteiger partial charge in [0.25, 0.3) is 0 Å². The minimum Gasteiger partial charge on any atom is -0.494 e. The van der Waals surface area contributed by atoms with Gasteiger partial charge in [0.15, 0.2) is 0 Å². The van der Waals surface area contributed by atoms with Gasteiger partial charge in [0.1, 0.15) is 17.5 Å². The summed E-state index contributed by atoms with van der Waals surface area (Å²) in [5.74, 6) is 0.801. The van der Waals surface area contributed by atoms with Crippen LogP contribution >= 0.6 is 0 Å². The summed E-state index contributed by atoms with van der Waals surface area (Å²) in [5, 5.41) is 3.23. The maximum atomic E-state index is 12.0. The van der Waals surface area contributed by atoms with Crippen LogP contribution in [0.15, 0.2) is 18.2 Å². The Bertz CT molecular complexity index is 417. The maximum Gasteiger partial charge on any atom is 0.249 e. The van der Waals surface area contributed by atoms with Crippen molar-refractivity contribution < 1.29 is 9.53 Å². The number of hydrogen-bond donors (Lipinski definition) is 1. The highest BCUT2D eigenvalue weighted by Crippen LogP contribution is 2.38. The van der Waals surface area contributed by atoms with E-state index in [9.17, 15) is 4.79 Å². The summed E-state index contributed by atoms with van der Waals surface area (Å²) in [6.45, 7) is 1.99. The highest BCUT2D eigenvalue weighted by molar-refractivity contribution is 6.06. The largest absolute Gasteiger partial charge is 0.494 e. The number of ether oxygens (including phenoxy) is 1. The Kier molecular flexibility index (Phi) is 2.73. The zero-order valence-corrected chi connectivity index (χ0v) is 9.78. The first kappa shape index (κ1) is 10.8. The second-order valence-corrected chi connectivity index (χ2v) is 3.86. The van der Waals surface area contributed by atoms with E-state index < -0.39 is 0 Å². The van der Waals surface area contributed by atoms with E-state index >= 15 is 0 Å². The minimum atomic E-state index is -0.135. The molecule has 1 N–H and O–H groups in total. The number of carbonyl (C=O) groups is 1. The molecule has 86 valence electrons. The van der Waals surface area contributed by atoms with Crippen molar-refractivity contribution in [3.05, 3.63) is 18.2 Å². The van der Waals surface area contributed by atoms with E-state index in [0.717, 1.165) is 23.5 Å². The van der Waals surface area contributed by atoms with Gasteiger partial charge in [-0.1, -0.05) is 13.0 Å². The second-order valence-electron chi connectivity index (χ2n) is 3.86. The lowest BCUT2D eigenvalue weighted by Gasteiger charge is -2.33. The molecular weight excluding hydrogens is 204 g/mol. The molecule has 4 heteroatoms. The van der Waals surface area contributed by atoms with Crippen LogP contribution in [0.2, 0.25) is 0 Å². The maximum absolute atomic E-state index is 12.0. The molecule has 0 bridgehead atoms. The summed E-state index contributed by atoms with van der Waals surface area (Å²) in [4.78, 5) is 13.7. The Balaban J connectivity index is 2.50. The number of likely N-dealkylation sites (N-methyl/N-ethyl adjacent to an activating group) is 1. The molecule has 1 amide bonds. The Hall–Kier alpha value is -1.71. The number of methoxy groups -OCH3 is 1. The number of hydrogen-bond acceptors (Lipinski definition) is 3. The average Bonchev–Trinajstić information content (AvgIpc) is 2.32. The predicted molar refractivity (Wildman–Crippen MR) is 64.1 cm³/mol. The van der Waals surface area contributed by atoms with Gasteiger partial charge in [0, 0.05) is 7.05 Å². The van der Waals surface area contributed by atoms with Crippen LogP contribution < -0.4 is 15.0 Å². The second kappa shape index (κ2) is 4.04. The third kappa shape index (κ3) is 1.50. The smallest absolute Gasteiger partial charge is 0.249 e. The molecule has 0 aliphatic carbocycles. The summed E-state index contributed by atoms with van der Waals surface area (Å²) >= 11 is 0. The zero-order chi connectivity index (χ0) is 11.7. The van der Waals surface area contributed by atoms with Gasteiger partial charge in [-0.15, -0.1) is 0 Å². The summed E-state index contributed by atoms with van der Waals surface area (Å²) in [5.41, 5.74) is 1.77. The molecule has 0 saturated heterocycles. The van der Waals surface area contributed by atoms with Crippen molar-refractivity contribution in [2.24, 2.45) is 0 Å². The van der Waals surface area contributed by atoms with Crippen molar-refractivity contribution in [2.45, 2.75) is 19.4 Å². The lowest BCUT2D eigenvalue weighted by atomic mass is 10.1. The fourth-order valence-corrected chi connectivity index (χ4v) is 2.02. The molecule has 1 atom stereocenters. The summed E-state index contributed by atoms with van der Waals surface area (Å²) in [7, 11) is 3.40. The number of anilines is 2. The van der Waals surface area contributed by atoms with Crippen molar-refractivity contribution in [3.63, 3.8) is 0 Å². The molecule has 0 fully saturated rings. The Morgan fingerprint density at radius 3 is 2.88 bits per heavy atom. The number of fused-ring (bicyclic) bond motifs is 1.